The molecule has 0 saturated heterocycles. The quantitative estimate of drug-likeness (QED) is 0.625. The number of hydrogen-bond donors (Lipinski definition) is 0. The predicted octanol–water partition coefficient (Wildman–Crippen LogP) is 3.58. The molecule has 0 bridgehead atoms. The Kier molecular flexibility index (Phi) is 5.10. The summed E-state index contributed by atoms with van der Waals surface area (Å²) in [5, 5.41) is 0. The van der Waals surface area contributed by atoms with Crippen molar-refractivity contribution in [3.05, 3.63) is 0 Å². The minimum absolute atomic E-state index is 0.596. The summed E-state index contributed by atoms with van der Waals surface area (Å²) in [4.78, 5) is 0. The normalized spacial score (nSPS) is 17.2. The average Bonchev–Trinajstić information content (AvgIpc) is 1.84. The molecule has 1 nitrogen and oxygen atoms in total. The molecule has 1 atom stereocenters. The first-order valence-corrected chi connectivity index (χ1v) is 7.44. The Morgan fingerprint density at radius 2 is 2.11 bits per heavy atom. The Morgan fingerprint density at radius 3 is 2.44 bits per heavy atom. The SMILES string of the molecule is CCCSP(=O)(Cl)CC. The molecule has 0 aromatic rings. The maximum Gasteiger partial charge on any atom is 0.221 e. The van der Waals surface area contributed by atoms with Gasteiger partial charge in [0, 0.05) is 11.9 Å². The lowest BCUT2D eigenvalue weighted by atomic mass is 10.6. The second-order valence-electron chi connectivity index (χ2n) is 1.74. The molecule has 9 heavy (non-hydrogen) atoms. The van der Waals surface area contributed by atoms with Crippen LogP contribution in [0.2, 0.25) is 0 Å². The van der Waals surface area contributed by atoms with E-state index in [0.29, 0.717) is 6.16 Å². The molecule has 0 N–H and O–H groups in total. The number of hydrogen-bond acceptors (Lipinski definition) is 2. The molecular weight excluding hydrogens is 175 g/mol. The van der Waals surface area contributed by atoms with E-state index in [1.165, 1.54) is 11.4 Å². The first kappa shape index (κ1) is 9.87. The van der Waals surface area contributed by atoms with Crippen LogP contribution in [0.1, 0.15) is 20.3 Å². The molecule has 0 aliphatic heterocycles. The van der Waals surface area contributed by atoms with Crippen molar-refractivity contribution < 1.29 is 4.57 Å². The lowest BCUT2D eigenvalue weighted by molar-refractivity contribution is 0.593. The molecular formula is C5H12ClOPS. The van der Waals surface area contributed by atoms with Gasteiger partial charge in [-0.3, -0.25) is 4.57 Å². The maximum atomic E-state index is 11.1. The van der Waals surface area contributed by atoms with E-state index < -0.39 is 5.70 Å². The van der Waals surface area contributed by atoms with Gasteiger partial charge in [-0.25, -0.2) is 0 Å². The number of halogens is 1. The summed E-state index contributed by atoms with van der Waals surface area (Å²) in [6, 6.07) is 0. The van der Waals surface area contributed by atoms with Crippen molar-refractivity contribution >= 4 is 28.3 Å². The fraction of sp³-hybridized carbons (Fsp3) is 1.00. The van der Waals surface area contributed by atoms with Gasteiger partial charge in [-0.2, -0.15) is 0 Å². The Bertz CT molecular complexity index is 118. The lowest BCUT2D eigenvalue weighted by Crippen LogP contribution is -1.74. The fourth-order valence-corrected chi connectivity index (χ4v) is 3.49. The molecule has 0 aliphatic carbocycles. The average molecular weight is 187 g/mol. The monoisotopic (exact) mass is 186 g/mol. The van der Waals surface area contributed by atoms with Crippen LogP contribution in [0.25, 0.3) is 0 Å². The van der Waals surface area contributed by atoms with Gasteiger partial charge < -0.3 is 0 Å². The summed E-state index contributed by atoms with van der Waals surface area (Å²) in [5.41, 5.74) is -2.30. The third-order valence-electron chi connectivity index (χ3n) is 0.866. The van der Waals surface area contributed by atoms with Gasteiger partial charge in [0.2, 0.25) is 5.70 Å². The Morgan fingerprint density at radius 1 is 1.56 bits per heavy atom. The largest absolute Gasteiger partial charge is 0.295 e. The molecule has 0 amide bonds. The molecule has 0 saturated carbocycles. The van der Waals surface area contributed by atoms with Crippen LogP contribution in [0, 0.1) is 0 Å². The summed E-state index contributed by atoms with van der Waals surface area (Å²) < 4.78 is 11.1. The molecule has 0 fully saturated rings. The van der Waals surface area contributed by atoms with E-state index in [2.05, 4.69) is 6.92 Å². The second-order valence-corrected chi connectivity index (χ2v) is 9.00. The van der Waals surface area contributed by atoms with Gasteiger partial charge in [-0.05, 0) is 17.7 Å². The lowest BCUT2D eigenvalue weighted by Gasteiger charge is -2.03. The predicted molar refractivity (Wildman–Crippen MR) is 46.7 cm³/mol. The molecule has 1 unspecified atom stereocenters. The van der Waals surface area contributed by atoms with E-state index >= 15 is 0 Å². The highest BCUT2D eigenvalue weighted by atomic mass is 35.7. The zero-order valence-corrected chi connectivity index (χ0v) is 8.23. The first-order valence-electron chi connectivity index (χ1n) is 3.05. The molecule has 0 aliphatic rings. The zero-order valence-electron chi connectivity index (χ0n) is 5.76. The van der Waals surface area contributed by atoms with E-state index in [9.17, 15) is 4.57 Å². The van der Waals surface area contributed by atoms with Gasteiger partial charge in [0.05, 0.1) is 0 Å². The molecule has 0 heterocycles. The fourth-order valence-electron chi connectivity index (χ4n) is 0.319. The smallest absolute Gasteiger partial charge is 0.221 e. The van der Waals surface area contributed by atoms with Crippen molar-refractivity contribution in [2.75, 3.05) is 11.9 Å². The minimum atomic E-state index is -2.30. The second kappa shape index (κ2) is 4.65. The van der Waals surface area contributed by atoms with E-state index in [-0.39, 0.29) is 0 Å². The molecule has 0 aromatic carbocycles. The highest BCUT2D eigenvalue weighted by molar-refractivity contribution is 8.65. The van der Waals surface area contributed by atoms with Crippen LogP contribution in [0.3, 0.4) is 0 Å². The Labute approximate surface area is 65.5 Å². The third kappa shape index (κ3) is 5.32. The molecule has 56 valence electrons. The van der Waals surface area contributed by atoms with Gasteiger partial charge in [-0.1, -0.05) is 25.2 Å². The van der Waals surface area contributed by atoms with Gasteiger partial charge in [-0.15, -0.1) is 0 Å². The van der Waals surface area contributed by atoms with Crippen molar-refractivity contribution in [2.24, 2.45) is 0 Å². The highest BCUT2D eigenvalue weighted by Gasteiger charge is 2.13. The van der Waals surface area contributed by atoms with Crippen LogP contribution in [0.15, 0.2) is 0 Å². The Balaban J connectivity index is 3.46. The summed E-state index contributed by atoms with van der Waals surface area (Å²) >= 11 is 7.02. The first-order chi connectivity index (χ1) is 4.12. The maximum absolute atomic E-state index is 11.1. The Hall–Kier alpha value is 0.870. The van der Waals surface area contributed by atoms with Crippen LogP contribution in [-0.4, -0.2) is 11.9 Å². The standard InChI is InChI=1S/C5H12ClOPS/c1-3-5-9-8(6,7)4-2/h3-5H2,1-2H3. The van der Waals surface area contributed by atoms with Crippen LogP contribution in [0.5, 0.6) is 0 Å². The van der Waals surface area contributed by atoms with Gasteiger partial charge in [0.15, 0.2) is 0 Å². The molecule has 0 spiro atoms. The van der Waals surface area contributed by atoms with Gasteiger partial charge in [0.25, 0.3) is 0 Å². The van der Waals surface area contributed by atoms with Gasteiger partial charge >= 0.3 is 0 Å². The number of rotatable bonds is 4. The van der Waals surface area contributed by atoms with Crippen molar-refractivity contribution in [3.8, 4) is 0 Å². The summed E-state index contributed by atoms with van der Waals surface area (Å²) in [6.07, 6.45) is 1.64. The van der Waals surface area contributed by atoms with E-state index in [0.717, 1.165) is 12.2 Å². The van der Waals surface area contributed by atoms with E-state index in [1.807, 2.05) is 6.92 Å². The van der Waals surface area contributed by atoms with Crippen molar-refractivity contribution in [1.29, 1.82) is 0 Å². The van der Waals surface area contributed by atoms with Crippen LogP contribution >= 0.6 is 28.3 Å². The summed E-state index contributed by atoms with van der Waals surface area (Å²) in [5.74, 6) is 0.911. The minimum Gasteiger partial charge on any atom is -0.295 e. The van der Waals surface area contributed by atoms with Crippen molar-refractivity contribution in [2.45, 2.75) is 20.3 Å². The van der Waals surface area contributed by atoms with Crippen LogP contribution < -0.4 is 0 Å². The van der Waals surface area contributed by atoms with E-state index in [4.69, 9.17) is 11.2 Å². The highest BCUT2D eigenvalue weighted by Crippen LogP contribution is 2.62. The molecule has 0 aromatic heterocycles. The topological polar surface area (TPSA) is 17.1 Å². The van der Waals surface area contributed by atoms with E-state index in [1.54, 1.807) is 0 Å². The van der Waals surface area contributed by atoms with Crippen molar-refractivity contribution in [3.63, 3.8) is 0 Å². The molecule has 0 radical (unpaired) electrons. The van der Waals surface area contributed by atoms with Crippen molar-refractivity contribution in [1.82, 2.24) is 0 Å². The van der Waals surface area contributed by atoms with Crippen LogP contribution in [-0.2, 0) is 4.57 Å². The van der Waals surface area contributed by atoms with Crippen LogP contribution in [0.4, 0.5) is 0 Å². The van der Waals surface area contributed by atoms with Gasteiger partial charge in [0.1, 0.15) is 0 Å². The zero-order chi connectivity index (χ0) is 7.33. The summed E-state index contributed by atoms with van der Waals surface area (Å²) in [7, 11) is 0. The molecule has 4 heteroatoms. The molecule has 0 rings (SSSR count). The third-order valence-corrected chi connectivity index (χ3v) is 6.67. The summed E-state index contributed by atoms with van der Waals surface area (Å²) in [6.45, 7) is 3.91.